The molecule has 7 heteroatoms. The number of likely N-dealkylation sites (tertiary alicyclic amines) is 1. The topological polar surface area (TPSA) is 83.7 Å². The van der Waals surface area contributed by atoms with Crippen LogP contribution in [-0.4, -0.2) is 52.6 Å². The second-order valence-electron chi connectivity index (χ2n) is 5.92. The number of nitrogens with two attached hydrogens (primary N) is 1. The van der Waals surface area contributed by atoms with Gasteiger partial charge in [0.25, 0.3) is 0 Å². The molecule has 0 bridgehead atoms. The fraction of sp³-hybridized carbons (Fsp3) is 0.692. The molecule has 1 heterocycles. The highest BCUT2D eigenvalue weighted by molar-refractivity contribution is 7.80. The molecule has 1 aliphatic rings. The number of amides is 3. The van der Waals surface area contributed by atoms with Gasteiger partial charge in [-0.1, -0.05) is 26.1 Å². The smallest absolute Gasteiger partial charge is 0.242 e. The number of rotatable bonds is 5. The van der Waals surface area contributed by atoms with Gasteiger partial charge >= 0.3 is 0 Å². The minimum atomic E-state index is -0.328. The van der Waals surface area contributed by atoms with Crippen molar-refractivity contribution in [1.29, 1.82) is 0 Å². The quantitative estimate of drug-likeness (QED) is 0.583. The van der Waals surface area contributed by atoms with E-state index in [0.29, 0.717) is 18.0 Å². The van der Waals surface area contributed by atoms with Crippen molar-refractivity contribution in [3.63, 3.8) is 0 Å². The number of hydrogen-bond donors (Lipinski definition) is 1. The Labute approximate surface area is 124 Å². The lowest BCUT2D eigenvalue weighted by atomic mass is 9.82. The number of likely N-dealkylation sites (N-methyl/N-ethyl adjacent to an activating group) is 1. The summed E-state index contributed by atoms with van der Waals surface area (Å²) in [6, 6.07) is 0. The third-order valence-corrected chi connectivity index (χ3v) is 3.48. The molecule has 6 nitrogen and oxygen atoms in total. The summed E-state index contributed by atoms with van der Waals surface area (Å²) >= 11 is 4.75. The zero-order valence-electron chi connectivity index (χ0n) is 12.1. The average Bonchev–Trinajstić information content (AvgIpc) is 2.29. The molecule has 1 fully saturated rings. The van der Waals surface area contributed by atoms with E-state index in [1.54, 1.807) is 7.05 Å². The molecule has 1 saturated heterocycles. The predicted octanol–water partition coefficient (Wildman–Crippen LogP) is 0.296. The van der Waals surface area contributed by atoms with Gasteiger partial charge in [0.15, 0.2) is 0 Å². The van der Waals surface area contributed by atoms with E-state index >= 15 is 0 Å². The van der Waals surface area contributed by atoms with Crippen molar-refractivity contribution >= 4 is 34.9 Å². The number of carbonyl (C=O) groups is 3. The van der Waals surface area contributed by atoms with Crippen LogP contribution in [0.3, 0.4) is 0 Å². The van der Waals surface area contributed by atoms with Crippen LogP contribution in [0.1, 0.15) is 33.1 Å². The first-order valence-electron chi connectivity index (χ1n) is 6.48. The normalized spacial score (nSPS) is 18.1. The van der Waals surface area contributed by atoms with Gasteiger partial charge in [-0.05, 0) is 5.41 Å². The highest BCUT2D eigenvalue weighted by atomic mass is 32.1. The van der Waals surface area contributed by atoms with Crippen LogP contribution in [0, 0.1) is 5.41 Å². The van der Waals surface area contributed by atoms with Crippen LogP contribution >= 0.6 is 12.2 Å². The van der Waals surface area contributed by atoms with E-state index in [4.69, 9.17) is 18.0 Å². The Bertz CT molecular complexity index is 428. The van der Waals surface area contributed by atoms with Gasteiger partial charge < -0.3 is 10.6 Å². The van der Waals surface area contributed by atoms with Crippen molar-refractivity contribution in [2.75, 3.05) is 20.1 Å². The molecule has 1 rings (SSSR count). The van der Waals surface area contributed by atoms with Gasteiger partial charge in [-0.15, -0.1) is 0 Å². The lowest BCUT2D eigenvalue weighted by molar-refractivity contribution is -0.156. The Balaban J connectivity index is 2.59. The van der Waals surface area contributed by atoms with Gasteiger partial charge in [0.2, 0.25) is 17.7 Å². The predicted molar refractivity (Wildman–Crippen MR) is 78.8 cm³/mol. The Kier molecular flexibility index (Phi) is 5.21. The van der Waals surface area contributed by atoms with E-state index in [1.807, 2.05) is 13.8 Å². The maximum absolute atomic E-state index is 12.0. The van der Waals surface area contributed by atoms with Gasteiger partial charge in [-0.2, -0.15) is 0 Å². The van der Waals surface area contributed by atoms with Crippen LogP contribution in [0.25, 0.3) is 0 Å². The standard InChI is InChI=1S/C13H21N3O3S/c1-13(2)6-10(17)16(11(18)7-13)8-12(19)15(3)5-4-9(14)20/h4-8H2,1-3H3,(H2,14,20). The second kappa shape index (κ2) is 6.30. The van der Waals surface area contributed by atoms with Crippen molar-refractivity contribution in [1.82, 2.24) is 9.80 Å². The molecule has 0 radical (unpaired) electrons. The molecule has 20 heavy (non-hydrogen) atoms. The zero-order valence-corrected chi connectivity index (χ0v) is 13.0. The first kappa shape index (κ1) is 16.6. The summed E-state index contributed by atoms with van der Waals surface area (Å²) in [5.41, 5.74) is 5.05. The van der Waals surface area contributed by atoms with Gasteiger partial charge in [0.1, 0.15) is 6.54 Å². The summed E-state index contributed by atoms with van der Waals surface area (Å²) in [6.45, 7) is 3.92. The summed E-state index contributed by atoms with van der Waals surface area (Å²) in [5.74, 6) is -0.868. The fourth-order valence-corrected chi connectivity index (χ4v) is 2.14. The molecule has 0 spiro atoms. The van der Waals surface area contributed by atoms with Crippen molar-refractivity contribution in [3.8, 4) is 0 Å². The molecular weight excluding hydrogens is 278 g/mol. The molecule has 0 aliphatic carbocycles. The number of thiocarbonyl (C=S) groups is 1. The van der Waals surface area contributed by atoms with Crippen LogP contribution in [0.15, 0.2) is 0 Å². The van der Waals surface area contributed by atoms with Crippen molar-refractivity contribution in [3.05, 3.63) is 0 Å². The van der Waals surface area contributed by atoms with E-state index in [2.05, 4.69) is 0 Å². The van der Waals surface area contributed by atoms with E-state index in [1.165, 1.54) is 4.90 Å². The van der Waals surface area contributed by atoms with E-state index in [0.717, 1.165) is 4.90 Å². The number of carbonyl (C=O) groups excluding carboxylic acids is 3. The van der Waals surface area contributed by atoms with Crippen molar-refractivity contribution < 1.29 is 14.4 Å². The first-order valence-corrected chi connectivity index (χ1v) is 6.89. The van der Waals surface area contributed by atoms with E-state index < -0.39 is 0 Å². The van der Waals surface area contributed by atoms with Crippen LogP contribution in [0.5, 0.6) is 0 Å². The molecule has 0 aromatic rings. The molecule has 3 amide bonds. The van der Waals surface area contributed by atoms with E-state index in [9.17, 15) is 14.4 Å². The summed E-state index contributed by atoms with van der Waals surface area (Å²) in [4.78, 5) is 38.7. The number of nitrogens with zero attached hydrogens (tertiary/aromatic N) is 2. The summed E-state index contributed by atoms with van der Waals surface area (Å²) in [6.07, 6.45) is 0.984. The number of imide groups is 1. The zero-order chi connectivity index (χ0) is 15.5. The molecule has 0 aromatic heterocycles. The van der Waals surface area contributed by atoms with Gasteiger partial charge in [-0.25, -0.2) is 0 Å². The number of piperidine rings is 1. The Hall–Kier alpha value is -1.50. The van der Waals surface area contributed by atoms with Crippen LogP contribution in [0.2, 0.25) is 0 Å². The molecule has 0 aromatic carbocycles. The van der Waals surface area contributed by atoms with Gasteiger partial charge in [0, 0.05) is 32.9 Å². The molecule has 0 saturated carbocycles. The molecule has 2 N–H and O–H groups in total. The molecule has 0 unspecified atom stereocenters. The van der Waals surface area contributed by atoms with Gasteiger partial charge in [0.05, 0.1) is 4.99 Å². The highest BCUT2D eigenvalue weighted by Gasteiger charge is 2.38. The summed E-state index contributed by atoms with van der Waals surface area (Å²) in [5, 5.41) is 0. The monoisotopic (exact) mass is 299 g/mol. The molecule has 112 valence electrons. The SMILES string of the molecule is CN(CCC(N)=S)C(=O)CN1C(=O)CC(C)(C)CC1=O. The summed E-state index contributed by atoms with van der Waals surface area (Å²) < 4.78 is 0. The van der Waals surface area contributed by atoms with Crippen LogP contribution in [-0.2, 0) is 14.4 Å². The third-order valence-electron chi connectivity index (χ3n) is 3.27. The lowest BCUT2D eigenvalue weighted by Gasteiger charge is -2.34. The summed E-state index contributed by atoms with van der Waals surface area (Å²) in [7, 11) is 1.60. The van der Waals surface area contributed by atoms with Gasteiger partial charge in [-0.3, -0.25) is 19.3 Å². The molecule has 0 atom stereocenters. The fourth-order valence-electron chi connectivity index (χ4n) is 2.05. The average molecular weight is 299 g/mol. The number of hydrogen-bond acceptors (Lipinski definition) is 4. The Morgan fingerprint density at radius 3 is 2.30 bits per heavy atom. The minimum Gasteiger partial charge on any atom is -0.393 e. The molecular formula is C13H21N3O3S. The Morgan fingerprint density at radius 2 is 1.85 bits per heavy atom. The maximum Gasteiger partial charge on any atom is 0.242 e. The van der Waals surface area contributed by atoms with E-state index in [-0.39, 0.29) is 42.5 Å². The van der Waals surface area contributed by atoms with Crippen LogP contribution < -0.4 is 5.73 Å². The largest absolute Gasteiger partial charge is 0.393 e. The first-order chi connectivity index (χ1) is 9.12. The lowest BCUT2D eigenvalue weighted by Crippen LogP contribution is -2.50. The Morgan fingerprint density at radius 1 is 1.35 bits per heavy atom. The van der Waals surface area contributed by atoms with Crippen molar-refractivity contribution in [2.45, 2.75) is 33.1 Å². The maximum atomic E-state index is 12.0. The molecule has 1 aliphatic heterocycles. The minimum absolute atomic E-state index is 0.207. The third kappa shape index (κ3) is 4.56. The second-order valence-corrected chi connectivity index (χ2v) is 6.45. The van der Waals surface area contributed by atoms with Crippen molar-refractivity contribution in [2.24, 2.45) is 11.1 Å². The van der Waals surface area contributed by atoms with Crippen LogP contribution in [0.4, 0.5) is 0 Å². The highest BCUT2D eigenvalue weighted by Crippen LogP contribution is 2.31.